The highest BCUT2D eigenvalue weighted by molar-refractivity contribution is 6.31. The van der Waals surface area contributed by atoms with Crippen LogP contribution in [0.15, 0.2) is 54.6 Å². The van der Waals surface area contributed by atoms with Gasteiger partial charge in [0.05, 0.1) is 6.10 Å². The first kappa shape index (κ1) is 23.3. The predicted molar refractivity (Wildman–Crippen MR) is 127 cm³/mol. The molecule has 3 aromatic rings. The van der Waals surface area contributed by atoms with Crippen LogP contribution >= 0.6 is 11.6 Å². The van der Waals surface area contributed by atoms with Crippen LogP contribution in [0.2, 0.25) is 5.02 Å². The van der Waals surface area contributed by atoms with Crippen molar-refractivity contribution in [1.82, 2.24) is 15.2 Å². The Morgan fingerprint density at radius 2 is 1.91 bits per heavy atom. The van der Waals surface area contributed by atoms with Crippen LogP contribution in [0.25, 0.3) is 10.9 Å². The number of ether oxygens (including phenoxy) is 2. The van der Waals surface area contributed by atoms with Gasteiger partial charge >= 0.3 is 0 Å². The highest BCUT2D eigenvalue weighted by Gasteiger charge is 2.30. The number of rotatable bonds is 8. The summed E-state index contributed by atoms with van der Waals surface area (Å²) in [7, 11) is 1.59. The van der Waals surface area contributed by atoms with Crippen molar-refractivity contribution in [3.05, 3.63) is 70.9 Å². The third-order valence-corrected chi connectivity index (χ3v) is 6.12. The van der Waals surface area contributed by atoms with Gasteiger partial charge in [-0.05, 0) is 42.7 Å². The molecule has 0 bridgehead atoms. The number of halogens is 1. The van der Waals surface area contributed by atoms with E-state index in [1.54, 1.807) is 25.3 Å². The molecular formula is C25H28ClN3O4. The van der Waals surface area contributed by atoms with Gasteiger partial charge in [0.1, 0.15) is 18.5 Å². The van der Waals surface area contributed by atoms with Gasteiger partial charge in [0, 0.05) is 42.5 Å². The van der Waals surface area contributed by atoms with E-state index in [9.17, 15) is 9.59 Å². The minimum absolute atomic E-state index is 0.0781. The van der Waals surface area contributed by atoms with Gasteiger partial charge in [-0.15, -0.1) is 0 Å². The van der Waals surface area contributed by atoms with Gasteiger partial charge < -0.3 is 24.7 Å². The van der Waals surface area contributed by atoms with E-state index in [2.05, 4.69) is 10.3 Å². The molecule has 4 rings (SSSR count). The second-order valence-electron chi connectivity index (χ2n) is 8.23. The number of hydrogen-bond donors (Lipinski definition) is 2. The minimum atomic E-state index is -0.675. The topological polar surface area (TPSA) is 83.7 Å². The predicted octanol–water partition coefficient (Wildman–Crippen LogP) is 3.77. The average Bonchev–Trinajstić information content (AvgIpc) is 3.26. The molecule has 1 aliphatic heterocycles. The van der Waals surface area contributed by atoms with Crippen molar-refractivity contribution in [3.63, 3.8) is 0 Å². The highest BCUT2D eigenvalue weighted by atomic mass is 35.5. The van der Waals surface area contributed by atoms with Crippen molar-refractivity contribution >= 4 is 34.3 Å². The number of benzene rings is 2. The fraction of sp³-hybridized carbons (Fsp3) is 0.360. The summed E-state index contributed by atoms with van der Waals surface area (Å²) in [6.07, 6.45) is 1.97. The molecule has 0 radical (unpaired) electrons. The summed E-state index contributed by atoms with van der Waals surface area (Å²) >= 11 is 6.07. The molecule has 0 aliphatic carbocycles. The number of piperidine rings is 1. The van der Waals surface area contributed by atoms with Crippen molar-refractivity contribution in [2.45, 2.75) is 31.4 Å². The number of H-pyrrole nitrogens is 1. The van der Waals surface area contributed by atoms with Crippen molar-refractivity contribution in [3.8, 4) is 0 Å². The van der Waals surface area contributed by atoms with Gasteiger partial charge in [-0.1, -0.05) is 41.9 Å². The van der Waals surface area contributed by atoms with Crippen molar-refractivity contribution < 1.29 is 19.1 Å². The zero-order valence-electron chi connectivity index (χ0n) is 18.6. The van der Waals surface area contributed by atoms with Gasteiger partial charge in [-0.25, -0.2) is 0 Å². The van der Waals surface area contributed by atoms with E-state index in [1.807, 2.05) is 41.3 Å². The van der Waals surface area contributed by atoms with Crippen LogP contribution in [-0.4, -0.2) is 60.8 Å². The van der Waals surface area contributed by atoms with Gasteiger partial charge in [0.15, 0.2) is 0 Å². The third-order valence-electron chi connectivity index (χ3n) is 5.89. The largest absolute Gasteiger partial charge is 0.359 e. The van der Waals surface area contributed by atoms with Crippen molar-refractivity contribution in [1.29, 1.82) is 0 Å². The highest BCUT2D eigenvalue weighted by Crippen LogP contribution is 2.21. The van der Waals surface area contributed by atoms with E-state index in [-0.39, 0.29) is 24.7 Å². The molecule has 174 valence electrons. The van der Waals surface area contributed by atoms with E-state index in [4.69, 9.17) is 21.1 Å². The maximum Gasteiger partial charge on any atom is 0.268 e. The molecule has 1 aliphatic rings. The summed E-state index contributed by atoms with van der Waals surface area (Å²) < 4.78 is 10.6. The lowest BCUT2D eigenvalue weighted by Crippen LogP contribution is -2.52. The quantitative estimate of drug-likeness (QED) is 0.492. The lowest BCUT2D eigenvalue weighted by atomic mass is 10.0. The van der Waals surface area contributed by atoms with Crippen LogP contribution in [0.1, 0.15) is 28.9 Å². The summed E-state index contributed by atoms with van der Waals surface area (Å²) in [4.78, 5) is 31.4. The Kier molecular flexibility index (Phi) is 7.65. The molecule has 0 spiro atoms. The average molecular weight is 470 g/mol. The van der Waals surface area contributed by atoms with E-state index in [0.29, 0.717) is 30.2 Å². The fourth-order valence-corrected chi connectivity index (χ4v) is 4.32. The number of methoxy groups -OCH3 is 1. The standard InChI is InChI=1S/C25H28ClN3O4/c1-32-16-33-20-9-11-29(12-10-20)25(31)23(13-17-5-3-2-4-6-17)28-24(30)22-15-18-14-19(26)7-8-21(18)27-22/h2-8,14-15,20,23,27H,9-13,16H2,1H3,(H,28,30). The summed E-state index contributed by atoms with van der Waals surface area (Å²) in [5.41, 5.74) is 2.19. The number of carbonyl (C=O) groups is 2. The van der Waals surface area contributed by atoms with E-state index in [1.165, 1.54) is 0 Å². The maximum absolute atomic E-state index is 13.4. The number of nitrogens with zero attached hydrogens (tertiary/aromatic N) is 1. The second-order valence-corrected chi connectivity index (χ2v) is 8.66. The van der Waals surface area contributed by atoms with E-state index in [0.717, 1.165) is 29.3 Å². The molecule has 1 unspecified atom stereocenters. The Hall–Kier alpha value is -2.87. The number of carbonyl (C=O) groups excluding carboxylic acids is 2. The van der Waals surface area contributed by atoms with Crippen molar-refractivity contribution in [2.75, 3.05) is 27.0 Å². The molecular weight excluding hydrogens is 442 g/mol. The number of fused-ring (bicyclic) bond motifs is 1. The Morgan fingerprint density at radius 3 is 2.64 bits per heavy atom. The van der Waals surface area contributed by atoms with Crippen LogP contribution in [-0.2, 0) is 20.7 Å². The van der Waals surface area contributed by atoms with Crippen LogP contribution in [0.3, 0.4) is 0 Å². The normalized spacial score (nSPS) is 15.5. The number of nitrogens with one attached hydrogen (secondary N) is 2. The summed E-state index contributed by atoms with van der Waals surface area (Å²) in [6, 6.07) is 16.2. The Balaban J connectivity index is 1.48. The molecule has 2 aromatic carbocycles. The van der Waals surface area contributed by atoms with Crippen molar-refractivity contribution in [2.24, 2.45) is 0 Å². The van der Waals surface area contributed by atoms with Gasteiger partial charge in [0.25, 0.3) is 5.91 Å². The molecule has 1 aromatic heterocycles. The molecule has 8 heteroatoms. The van der Waals surface area contributed by atoms with E-state index < -0.39 is 6.04 Å². The van der Waals surface area contributed by atoms with Crippen LogP contribution in [0.4, 0.5) is 0 Å². The molecule has 2 heterocycles. The number of hydrogen-bond acceptors (Lipinski definition) is 4. The SMILES string of the molecule is COCOC1CCN(C(=O)C(Cc2ccccc2)NC(=O)c2cc3cc(Cl)ccc3[nH]2)CC1. The monoisotopic (exact) mass is 469 g/mol. The van der Waals surface area contributed by atoms with Crippen LogP contribution < -0.4 is 5.32 Å². The first-order valence-electron chi connectivity index (χ1n) is 11.1. The smallest absolute Gasteiger partial charge is 0.268 e. The Morgan fingerprint density at radius 1 is 1.15 bits per heavy atom. The molecule has 1 fully saturated rings. The van der Waals surface area contributed by atoms with E-state index >= 15 is 0 Å². The first-order chi connectivity index (χ1) is 16.0. The molecule has 1 atom stereocenters. The maximum atomic E-state index is 13.4. The molecule has 0 saturated carbocycles. The third kappa shape index (κ3) is 5.93. The molecule has 7 nitrogen and oxygen atoms in total. The fourth-order valence-electron chi connectivity index (χ4n) is 4.14. The van der Waals surface area contributed by atoms with Gasteiger partial charge in [0.2, 0.25) is 5.91 Å². The lowest BCUT2D eigenvalue weighted by molar-refractivity contribution is -0.138. The zero-order chi connectivity index (χ0) is 23.2. The second kappa shape index (κ2) is 10.8. The number of aromatic nitrogens is 1. The first-order valence-corrected chi connectivity index (χ1v) is 11.4. The number of amides is 2. The summed E-state index contributed by atoms with van der Waals surface area (Å²) in [5, 5.41) is 4.40. The van der Waals surface area contributed by atoms with Crippen LogP contribution in [0, 0.1) is 0 Å². The molecule has 2 N–H and O–H groups in total. The van der Waals surface area contributed by atoms with Crippen LogP contribution in [0.5, 0.6) is 0 Å². The summed E-state index contributed by atoms with van der Waals surface area (Å²) in [6.45, 7) is 1.42. The molecule has 33 heavy (non-hydrogen) atoms. The Labute approximate surface area is 198 Å². The van der Waals surface area contributed by atoms with Gasteiger partial charge in [-0.2, -0.15) is 0 Å². The zero-order valence-corrected chi connectivity index (χ0v) is 19.3. The minimum Gasteiger partial charge on any atom is -0.359 e. The Bertz CT molecular complexity index is 1090. The number of aromatic amines is 1. The molecule has 2 amide bonds. The molecule has 1 saturated heterocycles. The number of likely N-dealkylation sites (tertiary alicyclic amines) is 1. The lowest BCUT2D eigenvalue weighted by Gasteiger charge is -2.34. The van der Waals surface area contributed by atoms with Gasteiger partial charge in [-0.3, -0.25) is 9.59 Å². The summed E-state index contributed by atoms with van der Waals surface area (Å²) in [5.74, 6) is -0.411.